The molecule has 0 unspecified atom stereocenters. The van der Waals surface area contributed by atoms with E-state index in [1.54, 1.807) is 6.08 Å². The van der Waals surface area contributed by atoms with E-state index in [0.29, 0.717) is 0 Å². The number of allylic oxidation sites excluding steroid dienone is 4. The van der Waals surface area contributed by atoms with Crippen molar-refractivity contribution >= 4 is 28.0 Å². The first kappa shape index (κ1) is 8.88. The zero-order valence-corrected chi connectivity index (χ0v) is 8.80. The second kappa shape index (κ2) is 2.64. The van der Waals surface area contributed by atoms with Gasteiger partial charge in [-0.1, -0.05) is 22.0 Å². The molecule has 2 nitrogen and oxygen atoms in total. The zero-order chi connectivity index (χ0) is 9.64. The van der Waals surface area contributed by atoms with Crippen LogP contribution in [0.25, 0.3) is 0 Å². The van der Waals surface area contributed by atoms with Gasteiger partial charge in [-0.2, -0.15) is 0 Å². The predicted molar refractivity (Wildman–Crippen MR) is 52.7 cm³/mol. The fourth-order valence-electron chi connectivity index (χ4n) is 1.69. The van der Waals surface area contributed by atoms with Crippen LogP contribution in [0.15, 0.2) is 23.3 Å². The van der Waals surface area contributed by atoms with Crippen molar-refractivity contribution in [3.05, 3.63) is 23.3 Å². The van der Waals surface area contributed by atoms with Crippen LogP contribution in [0.3, 0.4) is 0 Å². The lowest BCUT2D eigenvalue weighted by molar-refractivity contribution is -0.111. The molecule has 0 aliphatic heterocycles. The van der Waals surface area contributed by atoms with E-state index in [4.69, 9.17) is 0 Å². The molecule has 1 fully saturated rings. The van der Waals surface area contributed by atoms with Crippen molar-refractivity contribution in [3.63, 3.8) is 0 Å². The van der Waals surface area contributed by atoms with Gasteiger partial charge in [-0.3, -0.25) is 4.79 Å². The molecule has 2 rings (SSSR count). The number of halogens is 1. The molecule has 1 saturated carbocycles. The van der Waals surface area contributed by atoms with Crippen molar-refractivity contribution in [2.45, 2.75) is 17.7 Å². The van der Waals surface area contributed by atoms with Crippen LogP contribution in [-0.2, 0) is 9.59 Å². The quantitative estimate of drug-likeness (QED) is 0.545. The predicted octanol–water partition coefficient (Wildman–Crippen LogP) is 1.79. The number of rotatable bonds is 2. The molecule has 0 aromatic heterocycles. The van der Waals surface area contributed by atoms with Crippen molar-refractivity contribution in [1.82, 2.24) is 0 Å². The van der Waals surface area contributed by atoms with Crippen LogP contribution in [0.4, 0.5) is 0 Å². The van der Waals surface area contributed by atoms with E-state index in [1.165, 1.54) is 0 Å². The fraction of sp³-hybridized carbons (Fsp3) is 0.400. The minimum absolute atomic E-state index is 0.0719. The van der Waals surface area contributed by atoms with E-state index < -0.39 is 4.32 Å². The van der Waals surface area contributed by atoms with Crippen molar-refractivity contribution in [2.75, 3.05) is 0 Å². The average Bonchev–Trinajstić information content (AvgIpc) is 2.68. The summed E-state index contributed by atoms with van der Waals surface area (Å²) in [7, 11) is 0. The highest BCUT2D eigenvalue weighted by atomic mass is 79.9. The molecular formula is C10H9BrO2. The molecule has 0 aromatic carbocycles. The Morgan fingerprint density at radius 1 is 1.62 bits per heavy atom. The van der Waals surface area contributed by atoms with Gasteiger partial charge in [0, 0.05) is 5.92 Å². The lowest BCUT2D eigenvalue weighted by Gasteiger charge is -2.01. The maximum atomic E-state index is 11.2. The van der Waals surface area contributed by atoms with E-state index >= 15 is 0 Å². The average molecular weight is 241 g/mol. The molecule has 0 bridgehead atoms. The van der Waals surface area contributed by atoms with Crippen LogP contribution in [0.5, 0.6) is 0 Å². The fourth-order valence-corrected chi connectivity index (χ4v) is 2.26. The van der Waals surface area contributed by atoms with Crippen LogP contribution in [0.2, 0.25) is 0 Å². The SMILES string of the molecule is CC1=C([C@@H]2C[C@@]2(Br)C=O)C=CC1=O. The summed E-state index contributed by atoms with van der Waals surface area (Å²) in [5.41, 5.74) is 1.81. The molecule has 2 aliphatic carbocycles. The van der Waals surface area contributed by atoms with Crippen molar-refractivity contribution in [2.24, 2.45) is 5.92 Å². The molecule has 0 aromatic rings. The van der Waals surface area contributed by atoms with Crippen LogP contribution < -0.4 is 0 Å². The standard InChI is InChI=1S/C10H9BrO2/c1-6-7(2-3-9(6)13)8-4-10(8,11)5-12/h2-3,5,8H,4H2,1H3/t8-,10+/m0/s1. The Hall–Kier alpha value is -0.700. The van der Waals surface area contributed by atoms with Gasteiger partial charge in [-0.05, 0) is 30.6 Å². The largest absolute Gasteiger partial charge is 0.302 e. The second-order valence-corrected chi connectivity index (χ2v) is 5.06. The molecule has 3 heteroatoms. The van der Waals surface area contributed by atoms with Gasteiger partial charge < -0.3 is 4.79 Å². The highest BCUT2D eigenvalue weighted by Crippen LogP contribution is 2.55. The first-order chi connectivity index (χ1) is 6.08. The molecule has 13 heavy (non-hydrogen) atoms. The Kier molecular flexibility index (Phi) is 1.80. The van der Waals surface area contributed by atoms with Crippen molar-refractivity contribution in [3.8, 4) is 0 Å². The first-order valence-electron chi connectivity index (χ1n) is 4.17. The molecule has 0 saturated heterocycles. The minimum Gasteiger partial charge on any atom is -0.302 e. The summed E-state index contributed by atoms with van der Waals surface area (Å²) in [6.07, 6.45) is 5.13. The van der Waals surface area contributed by atoms with E-state index in [0.717, 1.165) is 23.9 Å². The topological polar surface area (TPSA) is 34.1 Å². The van der Waals surface area contributed by atoms with Crippen LogP contribution in [-0.4, -0.2) is 16.4 Å². The van der Waals surface area contributed by atoms with E-state index in [2.05, 4.69) is 15.9 Å². The van der Waals surface area contributed by atoms with Gasteiger partial charge in [0.25, 0.3) is 0 Å². The summed E-state index contributed by atoms with van der Waals surface area (Å²) in [6, 6.07) is 0. The smallest absolute Gasteiger partial charge is 0.181 e. The van der Waals surface area contributed by atoms with Gasteiger partial charge >= 0.3 is 0 Å². The maximum Gasteiger partial charge on any atom is 0.181 e. The summed E-state index contributed by atoms with van der Waals surface area (Å²) < 4.78 is -0.390. The molecule has 0 spiro atoms. The number of hydrogen-bond donors (Lipinski definition) is 0. The molecular weight excluding hydrogens is 232 g/mol. The van der Waals surface area contributed by atoms with Gasteiger partial charge in [-0.25, -0.2) is 0 Å². The lowest BCUT2D eigenvalue weighted by atomic mass is 10.1. The molecule has 2 aliphatic rings. The number of aldehydes is 1. The highest BCUT2D eigenvalue weighted by Gasteiger charge is 2.54. The highest BCUT2D eigenvalue weighted by molar-refractivity contribution is 9.10. The molecule has 2 atom stereocenters. The van der Waals surface area contributed by atoms with Gasteiger partial charge in [0.2, 0.25) is 0 Å². The van der Waals surface area contributed by atoms with Crippen LogP contribution in [0, 0.1) is 5.92 Å². The summed E-state index contributed by atoms with van der Waals surface area (Å²) in [5.74, 6) is 0.273. The van der Waals surface area contributed by atoms with Gasteiger partial charge in [-0.15, -0.1) is 0 Å². The molecule has 0 N–H and O–H groups in total. The van der Waals surface area contributed by atoms with E-state index in [-0.39, 0.29) is 11.7 Å². The normalized spacial score (nSPS) is 37.1. The number of carbonyl (C=O) groups excluding carboxylic acids is 2. The summed E-state index contributed by atoms with van der Waals surface area (Å²) in [4.78, 5) is 21.8. The van der Waals surface area contributed by atoms with Gasteiger partial charge in [0.15, 0.2) is 5.78 Å². The lowest BCUT2D eigenvalue weighted by Crippen LogP contribution is -2.04. The maximum absolute atomic E-state index is 11.2. The zero-order valence-electron chi connectivity index (χ0n) is 7.21. The van der Waals surface area contributed by atoms with Gasteiger partial charge in [0.05, 0.1) is 4.32 Å². The van der Waals surface area contributed by atoms with Gasteiger partial charge in [0.1, 0.15) is 6.29 Å². The number of ketones is 1. The molecule has 0 amide bonds. The third-order valence-electron chi connectivity index (χ3n) is 2.72. The first-order valence-corrected chi connectivity index (χ1v) is 4.96. The summed E-state index contributed by atoms with van der Waals surface area (Å²) in [5, 5.41) is 0. The number of hydrogen-bond acceptors (Lipinski definition) is 2. The Morgan fingerprint density at radius 3 is 2.69 bits per heavy atom. The van der Waals surface area contributed by atoms with E-state index in [9.17, 15) is 9.59 Å². The molecule has 68 valence electrons. The van der Waals surface area contributed by atoms with Crippen molar-refractivity contribution < 1.29 is 9.59 Å². The third kappa shape index (κ3) is 1.22. The monoisotopic (exact) mass is 240 g/mol. The van der Waals surface area contributed by atoms with E-state index in [1.807, 2.05) is 13.0 Å². The van der Waals surface area contributed by atoms with Crippen LogP contribution >= 0.6 is 15.9 Å². The third-order valence-corrected chi connectivity index (χ3v) is 3.79. The Bertz CT molecular complexity index is 354. The Balaban J connectivity index is 2.27. The Labute approximate surface area is 84.8 Å². The number of carbonyl (C=O) groups is 2. The summed E-state index contributed by atoms with van der Waals surface area (Å²) in [6.45, 7) is 1.81. The van der Waals surface area contributed by atoms with Crippen molar-refractivity contribution in [1.29, 1.82) is 0 Å². The molecule has 0 radical (unpaired) electrons. The number of alkyl halides is 1. The second-order valence-electron chi connectivity index (χ2n) is 3.58. The summed E-state index contributed by atoms with van der Waals surface area (Å²) >= 11 is 3.37. The molecule has 0 heterocycles. The Morgan fingerprint density at radius 2 is 2.31 bits per heavy atom. The minimum atomic E-state index is -0.390. The van der Waals surface area contributed by atoms with Crippen LogP contribution in [0.1, 0.15) is 13.3 Å².